The molecule has 164 valence electrons. The molecule has 4 bridgehead atoms. The van der Waals surface area contributed by atoms with Crippen molar-refractivity contribution in [3.63, 3.8) is 0 Å². The van der Waals surface area contributed by atoms with Gasteiger partial charge >= 0.3 is 186 Å². The second-order valence-corrected chi connectivity index (χ2v) is 13.3. The number of ether oxygens (including phenoxy) is 2. The molecule has 7 rings (SSSR count). The van der Waals surface area contributed by atoms with E-state index >= 15 is 0 Å². The van der Waals surface area contributed by atoms with E-state index in [0.29, 0.717) is 38.5 Å². The molecule has 0 spiro atoms. The Morgan fingerprint density at radius 3 is 1.47 bits per heavy atom. The van der Waals surface area contributed by atoms with Crippen LogP contribution < -0.4 is 0 Å². The number of benzene rings is 1. The van der Waals surface area contributed by atoms with Crippen LogP contribution in [0.25, 0.3) is 0 Å². The summed E-state index contributed by atoms with van der Waals surface area (Å²) >= 11 is -2.98. The van der Waals surface area contributed by atoms with Gasteiger partial charge in [0.1, 0.15) is 0 Å². The van der Waals surface area contributed by atoms with Crippen LogP contribution in [-0.2, 0) is 25.2 Å². The molecule has 0 N–H and O–H groups in total. The van der Waals surface area contributed by atoms with Gasteiger partial charge in [0.05, 0.1) is 0 Å². The predicted molar refractivity (Wildman–Crippen MR) is 118 cm³/mol. The normalized spacial score (nSPS) is 37.7. The van der Waals surface area contributed by atoms with Gasteiger partial charge in [0.2, 0.25) is 0 Å². The van der Waals surface area contributed by atoms with Crippen LogP contribution in [-0.4, -0.2) is 37.4 Å². The second kappa shape index (κ2) is 6.42. The minimum absolute atomic E-state index is 0.134. The number of methoxy groups -OCH3 is 2. The average Bonchev–Trinajstić information content (AvgIpc) is 2.49. The third kappa shape index (κ3) is 2.73. The molecule has 0 saturated heterocycles. The zero-order chi connectivity index (χ0) is 21.5. The Balaban J connectivity index is 1.37. The molecular weight excluding hydrogens is 499 g/mol. The number of carbonyl (C=O) groups is 2. The van der Waals surface area contributed by atoms with Crippen LogP contribution in [0.1, 0.15) is 55.2 Å². The minimum atomic E-state index is -2.98. The number of rotatable bonds is 7. The van der Waals surface area contributed by atoms with E-state index in [2.05, 4.69) is 12.1 Å². The van der Waals surface area contributed by atoms with Gasteiger partial charge in [-0.2, -0.15) is 0 Å². The molecule has 0 heterocycles. The molecule has 0 aromatic heterocycles. The van der Waals surface area contributed by atoms with E-state index in [4.69, 9.17) is 15.6 Å². The monoisotopic (exact) mass is 528 g/mol. The van der Waals surface area contributed by atoms with Crippen LogP contribution in [0.15, 0.2) is 12.1 Å². The van der Waals surface area contributed by atoms with Crippen LogP contribution in [0, 0.1) is 35.2 Å². The standard InChI is InChI=1S/C23H29IO6/c1-14-6-15(2)17(16(3)7-14)24(29-18(25)20-8-22(9-20,10-20)27-4)30-19(26)21-11-23(12-21,13-21)28-5/h6-7H,8-13H2,1-5H3. The van der Waals surface area contributed by atoms with Crippen LogP contribution in [0.4, 0.5) is 0 Å². The molecule has 0 unspecified atom stereocenters. The van der Waals surface area contributed by atoms with Gasteiger partial charge in [-0.05, 0) is 0 Å². The van der Waals surface area contributed by atoms with Crippen molar-refractivity contribution in [2.24, 2.45) is 10.8 Å². The Morgan fingerprint density at radius 2 is 1.13 bits per heavy atom. The van der Waals surface area contributed by atoms with Gasteiger partial charge < -0.3 is 0 Å². The number of hydrogen-bond donors (Lipinski definition) is 0. The topological polar surface area (TPSA) is 71.1 Å². The third-order valence-corrected chi connectivity index (χ3v) is 11.9. The number of aryl methyl sites for hydroxylation is 3. The Hall–Kier alpha value is -1.19. The summed E-state index contributed by atoms with van der Waals surface area (Å²) in [5.74, 6) is -0.436. The number of hydrogen-bond acceptors (Lipinski definition) is 6. The predicted octanol–water partition coefficient (Wildman–Crippen LogP) is 4.34. The quantitative estimate of drug-likeness (QED) is 0.491. The van der Waals surface area contributed by atoms with Crippen molar-refractivity contribution in [2.75, 3.05) is 14.2 Å². The molecule has 6 fully saturated rings. The summed E-state index contributed by atoms with van der Waals surface area (Å²) in [6, 6.07) is 4.13. The fourth-order valence-corrected chi connectivity index (χ4v) is 9.94. The molecule has 6 nitrogen and oxygen atoms in total. The molecule has 7 heteroatoms. The van der Waals surface area contributed by atoms with Crippen molar-refractivity contribution < 1.29 is 25.2 Å². The zero-order valence-corrected chi connectivity index (χ0v) is 20.4. The van der Waals surface area contributed by atoms with Gasteiger partial charge in [0.25, 0.3) is 0 Å². The third-order valence-electron chi connectivity index (χ3n) is 7.71. The summed E-state index contributed by atoms with van der Waals surface area (Å²) < 4.78 is 24.1. The van der Waals surface area contributed by atoms with Crippen molar-refractivity contribution in [1.29, 1.82) is 0 Å². The van der Waals surface area contributed by atoms with Gasteiger partial charge in [-0.25, -0.2) is 0 Å². The van der Waals surface area contributed by atoms with E-state index < -0.39 is 31.5 Å². The van der Waals surface area contributed by atoms with Crippen molar-refractivity contribution in [3.05, 3.63) is 32.4 Å². The Kier molecular flexibility index (Phi) is 4.43. The summed E-state index contributed by atoms with van der Waals surface area (Å²) in [6.45, 7) is 6.05. The van der Waals surface area contributed by atoms with E-state index in [1.165, 1.54) is 0 Å². The number of halogens is 1. The molecule has 0 amide bonds. The molecule has 0 atom stereocenters. The van der Waals surface area contributed by atoms with Crippen LogP contribution in [0.5, 0.6) is 0 Å². The van der Waals surface area contributed by atoms with Gasteiger partial charge in [-0.1, -0.05) is 0 Å². The molecule has 30 heavy (non-hydrogen) atoms. The van der Waals surface area contributed by atoms with Gasteiger partial charge in [-0.15, -0.1) is 0 Å². The van der Waals surface area contributed by atoms with E-state index in [0.717, 1.165) is 20.3 Å². The molecule has 1 aromatic carbocycles. The zero-order valence-electron chi connectivity index (χ0n) is 18.2. The summed E-state index contributed by atoms with van der Waals surface area (Å²) in [5, 5.41) is 0. The van der Waals surface area contributed by atoms with Crippen molar-refractivity contribution in [2.45, 2.75) is 70.5 Å². The first kappa shape index (κ1) is 20.7. The summed E-state index contributed by atoms with van der Waals surface area (Å²) in [6.07, 6.45) is 4.25. The first-order valence-corrected chi connectivity index (χ1v) is 13.3. The van der Waals surface area contributed by atoms with E-state index in [1.54, 1.807) is 14.2 Å². The SMILES string of the molecule is COC12CC(C(=O)OI(OC(=O)C34CC(OC)(C3)C4)c3c(C)cc(C)cc3C)(C1)C2. The average molecular weight is 528 g/mol. The molecule has 1 aromatic rings. The van der Waals surface area contributed by atoms with Crippen LogP contribution in [0.2, 0.25) is 0 Å². The Labute approximate surface area is 185 Å². The van der Waals surface area contributed by atoms with Crippen LogP contribution in [0.3, 0.4) is 0 Å². The summed E-state index contributed by atoms with van der Waals surface area (Å²) in [4.78, 5) is 26.2. The molecule has 6 aliphatic rings. The van der Waals surface area contributed by atoms with Crippen molar-refractivity contribution in [1.82, 2.24) is 0 Å². The molecule has 0 aliphatic heterocycles. The van der Waals surface area contributed by atoms with Gasteiger partial charge in [-0.3, -0.25) is 0 Å². The second-order valence-electron chi connectivity index (χ2n) is 10.1. The van der Waals surface area contributed by atoms with E-state index in [9.17, 15) is 9.59 Å². The fourth-order valence-electron chi connectivity index (χ4n) is 6.05. The van der Waals surface area contributed by atoms with Crippen molar-refractivity contribution >= 4 is 32.6 Å². The molecule has 6 saturated carbocycles. The molecule has 0 radical (unpaired) electrons. The Bertz CT molecular complexity index is 842. The molecular formula is C23H29IO6. The number of carbonyl (C=O) groups excluding carboxylic acids is 2. The maximum absolute atomic E-state index is 13.1. The van der Waals surface area contributed by atoms with Gasteiger partial charge in [0.15, 0.2) is 0 Å². The van der Waals surface area contributed by atoms with E-state index in [1.807, 2.05) is 20.8 Å². The van der Waals surface area contributed by atoms with E-state index in [-0.39, 0.29) is 23.1 Å². The van der Waals surface area contributed by atoms with Gasteiger partial charge in [0, 0.05) is 0 Å². The molecule has 6 aliphatic carbocycles. The summed E-state index contributed by atoms with van der Waals surface area (Å²) in [7, 11) is 3.40. The first-order chi connectivity index (χ1) is 14.1. The summed E-state index contributed by atoms with van der Waals surface area (Å²) in [5.41, 5.74) is 2.04. The van der Waals surface area contributed by atoms with Crippen LogP contribution >= 0.6 is 20.6 Å². The fraction of sp³-hybridized carbons (Fsp3) is 0.652. The first-order valence-electron chi connectivity index (χ1n) is 10.4. The van der Waals surface area contributed by atoms with Crippen molar-refractivity contribution in [3.8, 4) is 0 Å². The Morgan fingerprint density at radius 1 is 0.767 bits per heavy atom. The maximum atomic E-state index is 13.1.